The molecule has 0 aliphatic heterocycles. The maximum absolute atomic E-state index is 6.28. The van der Waals surface area contributed by atoms with Crippen LogP contribution < -0.4 is 5.32 Å². The monoisotopic (exact) mass is 288 g/mol. The lowest BCUT2D eigenvalue weighted by molar-refractivity contribution is 0.625. The van der Waals surface area contributed by atoms with Crippen molar-refractivity contribution >= 4 is 28.6 Å². The summed E-state index contributed by atoms with van der Waals surface area (Å²) < 4.78 is 0. The molecule has 3 heteroatoms. The number of aromatic nitrogens is 1. The van der Waals surface area contributed by atoms with E-state index in [2.05, 4.69) is 55.3 Å². The molecule has 106 valence electrons. The maximum atomic E-state index is 6.28. The zero-order valence-corrected chi connectivity index (χ0v) is 13.0. The molecule has 0 aliphatic rings. The Hall–Kier alpha value is -1.38. The number of rotatable bonds is 5. The van der Waals surface area contributed by atoms with Gasteiger partial charge in [0.25, 0.3) is 0 Å². The summed E-state index contributed by atoms with van der Waals surface area (Å²) in [5.41, 5.74) is 3.10. The Labute approximate surface area is 125 Å². The molecular formula is C17H21ClN2. The van der Waals surface area contributed by atoms with Gasteiger partial charge in [-0.1, -0.05) is 48.9 Å². The van der Waals surface area contributed by atoms with Gasteiger partial charge in [-0.3, -0.25) is 0 Å². The molecule has 0 radical (unpaired) electrons. The van der Waals surface area contributed by atoms with Crippen molar-refractivity contribution in [3.05, 3.63) is 46.6 Å². The fraction of sp³-hybridized carbons (Fsp3) is 0.353. The topological polar surface area (TPSA) is 24.9 Å². The van der Waals surface area contributed by atoms with Gasteiger partial charge in [-0.05, 0) is 38.4 Å². The van der Waals surface area contributed by atoms with Crippen LogP contribution in [0.25, 0.3) is 17.0 Å². The molecule has 0 aliphatic carbocycles. The van der Waals surface area contributed by atoms with Crippen LogP contribution in [0, 0.1) is 6.92 Å². The summed E-state index contributed by atoms with van der Waals surface area (Å²) in [6.07, 6.45) is 5.31. The van der Waals surface area contributed by atoms with Gasteiger partial charge in [-0.25, -0.2) is 4.98 Å². The highest BCUT2D eigenvalue weighted by Gasteiger charge is 2.04. The largest absolute Gasteiger partial charge is 0.311 e. The summed E-state index contributed by atoms with van der Waals surface area (Å²) in [5, 5.41) is 5.11. The molecular weight excluding hydrogens is 268 g/mol. The van der Waals surface area contributed by atoms with E-state index in [0.717, 1.165) is 35.0 Å². The van der Waals surface area contributed by atoms with E-state index >= 15 is 0 Å². The van der Waals surface area contributed by atoms with Crippen LogP contribution in [0.4, 0.5) is 0 Å². The van der Waals surface area contributed by atoms with Crippen molar-refractivity contribution in [3.8, 4) is 0 Å². The number of halogens is 1. The molecule has 0 spiro atoms. The van der Waals surface area contributed by atoms with Crippen LogP contribution in [-0.4, -0.2) is 17.6 Å². The Morgan fingerprint density at radius 1 is 1.40 bits per heavy atom. The molecule has 20 heavy (non-hydrogen) atoms. The number of nitrogens with one attached hydrogen (secondary N) is 1. The molecule has 2 nitrogen and oxygen atoms in total. The lowest BCUT2D eigenvalue weighted by Gasteiger charge is -2.08. The van der Waals surface area contributed by atoms with E-state index in [9.17, 15) is 0 Å². The Bertz CT molecular complexity index is 620. The van der Waals surface area contributed by atoms with Gasteiger partial charge in [-0.15, -0.1) is 0 Å². The van der Waals surface area contributed by atoms with E-state index in [-0.39, 0.29) is 0 Å². The van der Waals surface area contributed by atoms with E-state index in [1.165, 1.54) is 0 Å². The molecule has 0 amide bonds. The highest BCUT2D eigenvalue weighted by molar-refractivity contribution is 6.31. The highest BCUT2D eigenvalue weighted by atomic mass is 35.5. The Morgan fingerprint density at radius 2 is 2.20 bits per heavy atom. The summed E-state index contributed by atoms with van der Waals surface area (Å²) >= 11 is 6.28. The van der Waals surface area contributed by atoms with Crippen LogP contribution in [0.5, 0.6) is 0 Å². The van der Waals surface area contributed by atoms with E-state index < -0.39 is 0 Å². The predicted octanol–water partition coefficient (Wildman–Crippen LogP) is 4.60. The Balaban J connectivity index is 2.26. The average Bonchev–Trinajstić information content (AvgIpc) is 2.44. The quantitative estimate of drug-likeness (QED) is 0.814. The molecule has 2 rings (SSSR count). The van der Waals surface area contributed by atoms with Crippen molar-refractivity contribution in [2.24, 2.45) is 0 Å². The van der Waals surface area contributed by atoms with E-state index in [1.54, 1.807) is 0 Å². The zero-order valence-electron chi connectivity index (χ0n) is 12.3. The molecule has 1 aromatic carbocycles. The zero-order chi connectivity index (χ0) is 14.5. The number of aryl methyl sites for hydroxylation is 1. The summed E-state index contributed by atoms with van der Waals surface area (Å²) in [5.74, 6) is 0. The van der Waals surface area contributed by atoms with E-state index in [0.29, 0.717) is 11.2 Å². The third-order valence-corrected chi connectivity index (χ3v) is 3.61. The van der Waals surface area contributed by atoms with Gasteiger partial charge >= 0.3 is 0 Å². The summed E-state index contributed by atoms with van der Waals surface area (Å²) in [6, 6.07) is 8.60. The first-order valence-electron chi connectivity index (χ1n) is 7.09. The van der Waals surface area contributed by atoms with Crippen molar-refractivity contribution in [2.45, 2.75) is 33.2 Å². The summed E-state index contributed by atoms with van der Waals surface area (Å²) in [7, 11) is 0. The maximum Gasteiger partial charge on any atom is 0.136 e. The van der Waals surface area contributed by atoms with Crippen LogP contribution in [0.15, 0.2) is 30.3 Å². The van der Waals surface area contributed by atoms with Gasteiger partial charge in [0.1, 0.15) is 5.15 Å². The van der Waals surface area contributed by atoms with Crippen molar-refractivity contribution in [2.75, 3.05) is 6.54 Å². The Kier molecular flexibility index (Phi) is 5.16. The van der Waals surface area contributed by atoms with Crippen molar-refractivity contribution < 1.29 is 0 Å². The predicted molar refractivity (Wildman–Crippen MR) is 88.3 cm³/mol. The molecule has 0 fully saturated rings. The van der Waals surface area contributed by atoms with Gasteiger partial charge in [0.15, 0.2) is 0 Å². The van der Waals surface area contributed by atoms with Gasteiger partial charge in [0.2, 0.25) is 0 Å². The van der Waals surface area contributed by atoms with Crippen molar-refractivity contribution in [1.29, 1.82) is 0 Å². The molecule has 0 saturated carbocycles. The second kappa shape index (κ2) is 6.87. The second-order valence-electron chi connectivity index (χ2n) is 5.12. The highest BCUT2D eigenvalue weighted by Crippen LogP contribution is 2.23. The number of fused-ring (bicyclic) bond motifs is 1. The number of hydrogen-bond acceptors (Lipinski definition) is 2. The molecule has 1 aromatic heterocycles. The number of hydrogen-bond donors (Lipinski definition) is 1. The van der Waals surface area contributed by atoms with Crippen molar-refractivity contribution in [1.82, 2.24) is 10.3 Å². The second-order valence-corrected chi connectivity index (χ2v) is 5.47. The first-order valence-corrected chi connectivity index (χ1v) is 7.47. The third kappa shape index (κ3) is 3.59. The van der Waals surface area contributed by atoms with Crippen LogP contribution in [-0.2, 0) is 0 Å². The summed E-state index contributed by atoms with van der Waals surface area (Å²) in [6.45, 7) is 7.38. The smallest absolute Gasteiger partial charge is 0.136 e. The van der Waals surface area contributed by atoms with Crippen LogP contribution >= 0.6 is 11.6 Å². The first kappa shape index (κ1) is 15.0. The van der Waals surface area contributed by atoms with E-state index in [4.69, 9.17) is 11.6 Å². The fourth-order valence-corrected chi connectivity index (χ4v) is 2.35. The standard InChI is InChI=1S/C17H21ClN2/c1-4-10-19-13(3)8-9-15-11-14-7-5-6-12(2)16(14)20-17(15)18/h5-9,11,13,19H,4,10H2,1-3H3/b9-8+. The average molecular weight is 289 g/mol. The van der Waals surface area contributed by atoms with Crippen LogP contribution in [0.1, 0.15) is 31.4 Å². The minimum absolute atomic E-state index is 0.333. The first-order chi connectivity index (χ1) is 9.61. The number of pyridine rings is 1. The van der Waals surface area contributed by atoms with Crippen LogP contribution in [0.2, 0.25) is 5.15 Å². The Morgan fingerprint density at radius 3 is 2.95 bits per heavy atom. The fourth-order valence-electron chi connectivity index (χ4n) is 2.15. The number of para-hydroxylation sites is 1. The minimum Gasteiger partial charge on any atom is -0.311 e. The van der Waals surface area contributed by atoms with Gasteiger partial charge in [0.05, 0.1) is 5.52 Å². The third-order valence-electron chi connectivity index (χ3n) is 3.31. The van der Waals surface area contributed by atoms with Crippen LogP contribution in [0.3, 0.4) is 0 Å². The normalized spacial score (nSPS) is 13.2. The molecule has 0 bridgehead atoms. The summed E-state index contributed by atoms with van der Waals surface area (Å²) in [4.78, 5) is 4.51. The molecule has 1 atom stereocenters. The van der Waals surface area contributed by atoms with Gasteiger partial charge < -0.3 is 5.32 Å². The SMILES string of the molecule is CCCNC(C)/C=C/c1cc2cccc(C)c2nc1Cl. The molecule has 1 N–H and O–H groups in total. The number of nitrogens with zero attached hydrogens (tertiary/aromatic N) is 1. The lowest BCUT2D eigenvalue weighted by atomic mass is 10.1. The lowest BCUT2D eigenvalue weighted by Crippen LogP contribution is -2.24. The molecule has 0 saturated heterocycles. The van der Waals surface area contributed by atoms with Gasteiger partial charge in [-0.2, -0.15) is 0 Å². The number of benzene rings is 1. The van der Waals surface area contributed by atoms with Crippen molar-refractivity contribution in [3.63, 3.8) is 0 Å². The minimum atomic E-state index is 0.333. The molecule has 1 unspecified atom stereocenters. The van der Waals surface area contributed by atoms with E-state index in [1.807, 2.05) is 12.1 Å². The molecule has 1 heterocycles. The molecule has 2 aromatic rings. The van der Waals surface area contributed by atoms with Gasteiger partial charge in [0, 0.05) is 17.0 Å².